The molecule has 1 heterocycles. The number of carbonyl (C=O) groups is 7. The van der Waals surface area contributed by atoms with Crippen LogP contribution in [0, 0.1) is 12.3 Å². The van der Waals surface area contributed by atoms with Crippen molar-refractivity contribution in [3.05, 3.63) is 54.1 Å². The summed E-state index contributed by atoms with van der Waals surface area (Å²) in [6.45, 7) is 2.60. The monoisotopic (exact) mass is 844 g/mol. The summed E-state index contributed by atoms with van der Waals surface area (Å²) >= 11 is 0. The highest BCUT2D eigenvalue weighted by molar-refractivity contribution is 5.94. The Kier molecular flexibility index (Phi) is 19.2. The Balaban J connectivity index is 2.01. The van der Waals surface area contributed by atoms with Gasteiger partial charge in [-0.15, -0.1) is 6.42 Å². The zero-order valence-electron chi connectivity index (χ0n) is 33.6. The first-order chi connectivity index (χ1) is 28.6. The third-order valence-electron chi connectivity index (χ3n) is 8.18. The van der Waals surface area contributed by atoms with E-state index in [1.807, 2.05) is 0 Å². The number of ether oxygens (including phenoxy) is 10. The fourth-order valence-corrected chi connectivity index (χ4v) is 5.77. The third-order valence-corrected chi connectivity index (χ3v) is 8.18. The molecule has 0 saturated carbocycles. The van der Waals surface area contributed by atoms with Gasteiger partial charge >= 0.3 is 29.8 Å². The highest BCUT2D eigenvalue weighted by atomic mass is 16.7. The van der Waals surface area contributed by atoms with Crippen LogP contribution in [0.3, 0.4) is 0 Å². The van der Waals surface area contributed by atoms with Gasteiger partial charge in [-0.05, 0) is 48.5 Å². The highest BCUT2D eigenvalue weighted by Crippen LogP contribution is 2.37. The molecule has 0 aliphatic carbocycles. The van der Waals surface area contributed by atoms with Crippen molar-refractivity contribution < 1.29 is 86.0 Å². The number of carbonyl (C=O) groups excluding carboxylic acids is 7. The Morgan fingerprint density at radius 1 is 0.850 bits per heavy atom. The molecule has 1 aliphatic rings. The normalized spacial score (nSPS) is 19.2. The molecule has 60 heavy (non-hydrogen) atoms. The number of aromatic hydroxyl groups is 1. The summed E-state index contributed by atoms with van der Waals surface area (Å²) in [6.07, 6.45) is -2.20. The van der Waals surface area contributed by atoms with Crippen LogP contribution in [0.4, 0.5) is 0 Å². The van der Waals surface area contributed by atoms with Gasteiger partial charge in [0.2, 0.25) is 0 Å². The quantitative estimate of drug-likeness (QED) is 0.0649. The molecule has 326 valence electrons. The summed E-state index contributed by atoms with van der Waals surface area (Å²) in [6, 6.07) is 10.3. The van der Waals surface area contributed by atoms with Gasteiger partial charge in [-0.1, -0.05) is 5.92 Å². The second-order valence-electron chi connectivity index (χ2n) is 12.8. The minimum atomic E-state index is -2.45. The molecule has 1 saturated heterocycles. The average Bonchev–Trinajstić information content (AvgIpc) is 3.20. The van der Waals surface area contributed by atoms with Gasteiger partial charge in [0.15, 0.2) is 18.8 Å². The molecule has 20 nitrogen and oxygen atoms in total. The van der Waals surface area contributed by atoms with Gasteiger partial charge in [0.05, 0.1) is 52.5 Å². The summed E-state index contributed by atoms with van der Waals surface area (Å²) in [4.78, 5) is 89.6. The van der Waals surface area contributed by atoms with Crippen LogP contribution in [-0.2, 0) is 71.4 Å². The number of nitrogens with one attached hydrogen (secondary N) is 2. The van der Waals surface area contributed by atoms with Crippen LogP contribution in [0.5, 0.6) is 17.2 Å². The average molecular weight is 845 g/mol. The smallest absolute Gasteiger partial charge is 0.366 e. The van der Waals surface area contributed by atoms with E-state index >= 15 is 0 Å². The number of hydrogen-bond acceptors (Lipinski definition) is 18. The summed E-state index contributed by atoms with van der Waals surface area (Å²) in [5, 5.41) is 14.7. The second kappa shape index (κ2) is 24.0. The fourth-order valence-electron chi connectivity index (χ4n) is 5.77. The molecule has 0 aromatic heterocycles. The maximum Gasteiger partial charge on any atom is 0.366 e. The topological polar surface area (TPSA) is 256 Å². The molecule has 6 atom stereocenters. The Morgan fingerprint density at radius 2 is 1.47 bits per heavy atom. The lowest BCUT2D eigenvalue weighted by Crippen LogP contribution is -2.70. The predicted octanol–water partition coefficient (Wildman–Crippen LogP) is 1.10. The van der Waals surface area contributed by atoms with Crippen molar-refractivity contribution in [1.29, 1.82) is 0 Å². The first-order valence-electron chi connectivity index (χ1n) is 18.4. The largest absolute Gasteiger partial charge is 0.508 e. The molecule has 0 radical (unpaired) electrons. The lowest BCUT2D eigenvalue weighted by molar-refractivity contribution is -0.315. The Labute approximate surface area is 345 Å². The molecule has 0 bridgehead atoms. The lowest BCUT2D eigenvalue weighted by Gasteiger charge is -2.48. The van der Waals surface area contributed by atoms with Gasteiger partial charge in [-0.25, -0.2) is 4.79 Å². The van der Waals surface area contributed by atoms with Crippen molar-refractivity contribution in [3.63, 3.8) is 0 Å². The van der Waals surface area contributed by atoms with Crippen LogP contribution in [-0.4, -0.2) is 136 Å². The van der Waals surface area contributed by atoms with Crippen molar-refractivity contribution in [2.75, 3.05) is 53.3 Å². The summed E-state index contributed by atoms with van der Waals surface area (Å²) in [5.74, 6) is -5.66. The number of terminal acetylenes is 1. The van der Waals surface area contributed by atoms with Crippen LogP contribution in [0.1, 0.15) is 44.5 Å². The van der Waals surface area contributed by atoms with Crippen molar-refractivity contribution >= 4 is 41.7 Å². The van der Waals surface area contributed by atoms with Crippen LogP contribution in [0.15, 0.2) is 48.5 Å². The Bertz CT molecular complexity index is 1830. The molecule has 3 N–H and O–H groups in total. The minimum absolute atomic E-state index is 0.0490. The van der Waals surface area contributed by atoms with Gasteiger partial charge in [0, 0.05) is 33.3 Å². The number of hydrogen-bond donors (Lipinski definition) is 3. The van der Waals surface area contributed by atoms with E-state index in [9.17, 15) is 38.7 Å². The Morgan fingerprint density at radius 3 is 2.05 bits per heavy atom. The molecule has 0 unspecified atom stereocenters. The van der Waals surface area contributed by atoms with Crippen molar-refractivity contribution in [1.82, 2.24) is 10.6 Å². The summed E-state index contributed by atoms with van der Waals surface area (Å²) < 4.78 is 55.3. The van der Waals surface area contributed by atoms with E-state index in [-0.39, 0.29) is 44.3 Å². The number of methoxy groups -OCH3 is 1. The molecule has 2 aromatic carbocycles. The zero-order chi connectivity index (χ0) is 44.2. The molecule has 20 heteroatoms. The van der Waals surface area contributed by atoms with E-state index in [2.05, 4.69) is 16.6 Å². The fraction of sp³-hybridized carbons (Fsp3) is 0.475. The molecular weight excluding hydrogens is 796 g/mol. The van der Waals surface area contributed by atoms with Crippen molar-refractivity contribution in [2.45, 2.75) is 70.4 Å². The van der Waals surface area contributed by atoms with Gasteiger partial charge in [0.25, 0.3) is 17.6 Å². The van der Waals surface area contributed by atoms with Crippen molar-refractivity contribution in [2.24, 2.45) is 0 Å². The van der Waals surface area contributed by atoms with Crippen molar-refractivity contribution in [3.8, 4) is 29.6 Å². The molecule has 3 rings (SSSR count). The first-order valence-corrected chi connectivity index (χ1v) is 18.4. The minimum Gasteiger partial charge on any atom is -0.508 e. The number of esters is 5. The van der Waals surface area contributed by atoms with Crippen LogP contribution in [0.2, 0.25) is 0 Å². The second-order valence-corrected chi connectivity index (χ2v) is 12.8. The number of rotatable bonds is 22. The Hall–Kier alpha value is -6.27. The molecule has 2 amide bonds. The molecule has 0 spiro atoms. The van der Waals surface area contributed by atoms with Crippen LogP contribution >= 0.6 is 0 Å². The number of benzene rings is 2. The van der Waals surface area contributed by atoms with E-state index in [0.29, 0.717) is 11.5 Å². The standard InChI is InChI=1S/C40H48N2O18/c1-7-16-52-17-18-53-19-20-55-40(39(50)51-6)21-32(56-25(3)44)35(42-34(48)23-54-24(2)43)37(60-40)36(58-27(5)46)33(57-26(4)45)22-41-38(49)28-8-12-30(13-9-28)59-31-14-10-29(47)11-15-31/h1,8-15,32-33,35-37,47H,16-23H2,2-6H3,(H,41,49)(H,42,48)/t32-,33+,35+,36+,37+,40+/m0/s1. The predicted molar refractivity (Wildman–Crippen MR) is 203 cm³/mol. The van der Waals surface area contributed by atoms with E-state index in [0.717, 1.165) is 34.8 Å². The van der Waals surface area contributed by atoms with Gasteiger partial charge in [0.1, 0.15) is 36.1 Å². The van der Waals surface area contributed by atoms with Crippen LogP contribution < -0.4 is 15.4 Å². The maximum atomic E-state index is 13.6. The number of phenolic OH excluding ortho intramolecular Hbond substituents is 1. The summed E-state index contributed by atoms with van der Waals surface area (Å²) in [5.41, 5.74) is 0.126. The summed E-state index contributed by atoms with van der Waals surface area (Å²) in [7, 11) is 1.02. The van der Waals surface area contributed by atoms with E-state index in [4.69, 9.17) is 53.8 Å². The zero-order valence-corrected chi connectivity index (χ0v) is 33.6. The highest BCUT2D eigenvalue weighted by Gasteiger charge is 2.59. The van der Waals surface area contributed by atoms with Gasteiger partial charge < -0.3 is 63.1 Å². The number of phenols is 1. The third kappa shape index (κ3) is 15.5. The molecule has 2 aromatic rings. The maximum absolute atomic E-state index is 13.6. The van der Waals surface area contributed by atoms with Crippen LogP contribution in [0.25, 0.3) is 0 Å². The van der Waals surface area contributed by atoms with E-state index in [1.165, 1.54) is 36.4 Å². The van der Waals surface area contributed by atoms with E-state index < -0.39 is 97.5 Å². The lowest BCUT2D eigenvalue weighted by atomic mass is 9.87. The molecule has 1 fully saturated rings. The van der Waals surface area contributed by atoms with E-state index in [1.54, 1.807) is 12.1 Å². The first kappa shape index (κ1) is 48.1. The SMILES string of the molecule is C#CCOCCOCCO[C@]1(C(=O)OC)C[C@H](OC(C)=O)[C@@H](NC(=O)COC(C)=O)[C@H]([C@H](OC(C)=O)[C@@H](CNC(=O)c2ccc(Oc3ccc(O)cc3)cc2)OC(C)=O)O1. The molecule has 1 aliphatic heterocycles. The number of amides is 2. The van der Waals surface area contributed by atoms with Gasteiger partial charge in [-0.2, -0.15) is 0 Å². The van der Waals surface area contributed by atoms with Gasteiger partial charge in [-0.3, -0.25) is 28.8 Å². The molecular formula is C40H48N2O18.